The third-order valence-electron chi connectivity index (χ3n) is 3.33. The van der Waals surface area contributed by atoms with E-state index in [1.54, 1.807) is 0 Å². The predicted octanol–water partition coefficient (Wildman–Crippen LogP) is 3.13. The highest BCUT2D eigenvalue weighted by Crippen LogP contribution is 2.27. The van der Waals surface area contributed by atoms with E-state index in [1.807, 2.05) is 35.3 Å². The highest BCUT2D eigenvalue weighted by Gasteiger charge is 2.14. The summed E-state index contributed by atoms with van der Waals surface area (Å²) in [7, 11) is 0. The summed E-state index contributed by atoms with van der Waals surface area (Å²) in [5.41, 5.74) is 4.38. The van der Waals surface area contributed by atoms with Crippen LogP contribution in [0.1, 0.15) is 5.69 Å². The first-order valence-electron chi connectivity index (χ1n) is 6.01. The van der Waals surface area contributed by atoms with Crippen LogP contribution in [0.2, 0.25) is 0 Å². The van der Waals surface area contributed by atoms with Gasteiger partial charge in [0, 0.05) is 23.6 Å². The van der Waals surface area contributed by atoms with Crippen LogP contribution >= 0.6 is 0 Å². The third-order valence-corrected chi connectivity index (χ3v) is 3.33. The molecule has 3 heterocycles. The second-order valence-electron chi connectivity index (χ2n) is 4.43. The maximum Gasteiger partial charge on any atom is 0.0744 e. The highest BCUT2D eigenvalue weighted by atomic mass is 15.3. The molecule has 3 aromatic rings. The van der Waals surface area contributed by atoms with E-state index in [-0.39, 0.29) is 0 Å². The summed E-state index contributed by atoms with van der Waals surface area (Å²) in [6, 6.07) is 12.4. The summed E-state index contributed by atoms with van der Waals surface area (Å²) < 4.78 is 1.92. The average Bonchev–Trinajstić information content (AvgIpc) is 3.00. The van der Waals surface area contributed by atoms with Crippen LogP contribution in [0.25, 0.3) is 28.4 Å². The molecule has 1 aliphatic rings. The van der Waals surface area contributed by atoms with Crippen molar-refractivity contribution in [2.45, 2.75) is 6.42 Å². The zero-order valence-electron chi connectivity index (χ0n) is 9.74. The van der Waals surface area contributed by atoms with Gasteiger partial charge in [0.05, 0.1) is 23.1 Å². The molecule has 1 aromatic carbocycles. The minimum absolute atomic E-state index is 0.934. The molecule has 18 heavy (non-hydrogen) atoms. The first kappa shape index (κ1) is 9.59. The third kappa shape index (κ3) is 1.31. The molecule has 0 radical (unpaired) electrons. The number of hydrogen-bond donors (Lipinski definition) is 0. The summed E-state index contributed by atoms with van der Waals surface area (Å²) >= 11 is 0. The van der Waals surface area contributed by atoms with Gasteiger partial charge in [-0.25, -0.2) is 9.67 Å². The summed E-state index contributed by atoms with van der Waals surface area (Å²) in [5.74, 6) is 0. The van der Waals surface area contributed by atoms with Crippen LogP contribution in [0, 0.1) is 0 Å². The number of fused-ring (bicyclic) bond motifs is 2. The van der Waals surface area contributed by atoms with Gasteiger partial charge < -0.3 is 0 Å². The van der Waals surface area contributed by atoms with E-state index in [2.05, 4.69) is 29.4 Å². The van der Waals surface area contributed by atoms with E-state index >= 15 is 0 Å². The Hall–Kier alpha value is -2.42. The standard InChI is InChI=1S/C15H11N3/c1-2-5-13-11(4-1)7-8-14(17-13)12-10-16-18-9-3-6-15(12)18/h1-5,7-10H,6H2. The van der Waals surface area contributed by atoms with Crippen molar-refractivity contribution in [3.63, 3.8) is 0 Å². The van der Waals surface area contributed by atoms with Gasteiger partial charge in [-0.3, -0.25) is 0 Å². The molecule has 0 N–H and O–H groups in total. The number of nitrogens with zero attached hydrogens (tertiary/aromatic N) is 3. The van der Waals surface area contributed by atoms with Crippen LogP contribution in [0.15, 0.2) is 48.7 Å². The largest absolute Gasteiger partial charge is 0.248 e. The molecule has 0 saturated carbocycles. The Balaban J connectivity index is 1.92. The second-order valence-corrected chi connectivity index (χ2v) is 4.43. The molecule has 0 fully saturated rings. The Bertz CT molecular complexity index is 768. The molecule has 0 unspecified atom stereocenters. The topological polar surface area (TPSA) is 30.7 Å². The summed E-state index contributed by atoms with van der Waals surface area (Å²) in [6.45, 7) is 0. The van der Waals surface area contributed by atoms with E-state index in [9.17, 15) is 0 Å². The SMILES string of the molecule is C1=Cn2ncc(-c3ccc4ccccc4n3)c2C1. The van der Waals surface area contributed by atoms with Gasteiger partial charge in [0.2, 0.25) is 0 Å². The number of para-hydroxylation sites is 1. The Kier molecular flexibility index (Phi) is 1.88. The van der Waals surface area contributed by atoms with Crippen LogP contribution < -0.4 is 0 Å². The molecule has 4 rings (SSSR count). The Morgan fingerprint density at radius 2 is 2.00 bits per heavy atom. The minimum atomic E-state index is 0.934. The number of pyridine rings is 1. The minimum Gasteiger partial charge on any atom is -0.248 e. The Labute approximate surface area is 104 Å². The lowest BCUT2D eigenvalue weighted by atomic mass is 10.1. The molecule has 0 saturated heterocycles. The van der Waals surface area contributed by atoms with E-state index in [0.717, 1.165) is 23.2 Å². The van der Waals surface area contributed by atoms with Crippen molar-refractivity contribution < 1.29 is 0 Å². The molecule has 0 amide bonds. The monoisotopic (exact) mass is 233 g/mol. The van der Waals surface area contributed by atoms with Crippen molar-refractivity contribution >= 4 is 17.1 Å². The molecule has 2 aromatic heterocycles. The molecule has 0 aliphatic carbocycles. The van der Waals surface area contributed by atoms with Gasteiger partial charge in [0.1, 0.15) is 0 Å². The second kappa shape index (κ2) is 3.53. The van der Waals surface area contributed by atoms with Gasteiger partial charge >= 0.3 is 0 Å². The number of benzene rings is 1. The normalized spacial score (nSPS) is 13.1. The Morgan fingerprint density at radius 3 is 3.00 bits per heavy atom. The molecular weight excluding hydrogens is 222 g/mol. The lowest BCUT2D eigenvalue weighted by Crippen LogP contribution is -1.91. The van der Waals surface area contributed by atoms with Gasteiger partial charge in [0.15, 0.2) is 0 Å². The quantitative estimate of drug-likeness (QED) is 0.646. The molecule has 86 valence electrons. The number of hydrogen-bond acceptors (Lipinski definition) is 2. The first-order valence-corrected chi connectivity index (χ1v) is 6.01. The zero-order chi connectivity index (χ0) is 11.9. The number of rotatable bonds is 1. The highest BCUT2D eigenvalue weighted by molar-refractivity contribution is 5.81. The lowest BCUT2D eigenvalue weighted by molar-refractivity contribution is 0.907. The molecular formula is C15H11N3. The van der Waals surface area contributed by atoms with Crippen molar-refractivity contribution in [3.05, 3.63) is 54.4 Å². The summed E-state index contributed by atoms with van der Waals surface area (Å²) in [6.07, 6.45) is 6.95. The first-order chi connectivity index (χ1) is 8.92. The maximum absolute atomic E-state index is 4.71. The van der Waals surface area contributed by atoms with Gasteiger partial charge in [-0.1, -0.05) is 30.3 Å². The summed E-state index contributed by atoms with van der Waals surface area (Å²) in [5, 5.41) is 5.51. The van der Waals surface area contributed by atoms with Gasteiger partial charge in [-0.2, -0.15) is 5.10 Å². The molecule has 0 spiro atoms. The van der Waals surface area contributed by atoms with E-state index < -0.39 is 0 Å². The van der Waals surface area contributed by atoms with Crippen molar-refractivity contribution in [2.75, 3.05) is 0 Å². The van der Waals surface area contributed by atoms with Crippen molar-refractivity contribution in [1.82, 2.24) is 14.8 Å². The van der Waals surface area contributed by atoms with Crippen LogP contribution in [0.4, 0.5) is 0 Å². The van der Waals surface area contributed by atoms with E-state index in [0.29, 0.717) is 0 Å². The fraction of sp³-hybridized carbons (Fsp3) is 0.0667. The van der Waals surface area contributed by atoms with Crippen LogP contribution in [-0.4, -0.2) is 14.8 Å². The van der Waals surface area contributed by atoms with Crippen LogP contribution in [0.3, 0.4) is 0 Å². The fourth-order valence-electron chi connectivity index (χ4n) is 2.41. The van der Waals surface area contributed by atoms with Gasteiger partial charge in [0.25, 0.3) is 0 Å². The van der Waals surface area contributed by atoms with Gasteiger partial charge in [-0.05, 0) is 12.1 Å². The smallest absolute Gasteiger partial charge is 0.0744 e. The summed E-state index contributed by atoms with van der Waals surface area (Å²) in [4.78, 5) is 4.71. The predicted molar refractivity (Wildman–Crippen MR) is 72.0 cm³/mol. The van der Waals surface area contributed by atoms with Crippen LogP contribution in [-0.2, 0) is 6.42 Å². The maximum atomic E-state index is 4.71. The molecule has 3 heteroatoms. The lowest BCUT2D eigenvalue weighted by Gasteiger charge is -2.02. The molecule has 3 nitrogen and oxygen atoms in total. The van der Waals surface area contributed by atoms with E-state index in [1.165, 1.54) is 11.1 Å². The Morgan fingerprint density at radius 1 is 1.06 bits per heavy atom. The molecule has 1 aliphatic heterocycles. The fourth-order valence-corrected chi connectivity index (χ4v) is 2.41. The van der Waals surface area contributed by atoms with Crippen LogP contribution in [0.5, 0.6) is 0 Å². The zero-order valence-corrected chi connectivity index (χ0v) is 9.74. The number of aromatic nitrogens is 3. The van der Waals surface area contributed by atoms with Gasteiger partial charge in [-0.15, -0.1) is 0 Å². The molecule has 0 atom stereocenters. The number of allylic oxidation sites excluding steroid dienone is 1. The van der Waals surface area contributed by atoms with Crippen molar-refractivity contribution in [1.29, 1.82) is 0 Å². The van der Waals surface area contributed by atoms with Crippen molar-refractivity contribution in [2.24, 2.45) is 0 Å². The van der Waals surface area contributed by atoms with E-state index in [4.69, 9.17) is 4.98 Å². The molecule has 0 bridgehead atoms. The average molecular weight is 233 g/mol. The van der Waals surface area contributed by atoms with Crippen molar-refractivity contribution in [3.8, 4) is 11.3 Å².